The van der Waals surface area contributed by atoms with E-state index in [9.17, 15) is 8.78 Å². The first kappa shape index (κ1) is 10.9. The zero-order valence-corrected chi connectivity index (χ0v) is 9.50. The Kier molecular flexibility index (Phi) is 2.68. The minimum atomic E-state index is -2.52. The van der Waals surface area contributed by atoms with Crippen molar-refractivity contribution in [3.8, 4) is 0 Å². The van der Waals surface area contributed by atoms with Crippen LogP contribution in [0.3, 0.4) is 0 Å². The van der Waals surface area contributed by atoms with E-state index in [0.29, 0.717) is 23.5 Å². The van der Waals surface area contributed by atoms with Gasteiger partial charge in [0.15, 0.2) is 0 Å². The molecule has 0 amide bonds. The Hall–Kier alpha value is -1.26. The maximum atomic E-state index is 12.7. The molecule has 2 saturated carbocycles. The summed E-state index contributed by atoms with van der Waals surface area (Å²) in [6, 6.07) is 1.37. The molecule has 5 heteroatoms. The van der Waals surface area contributed by atoms with Crippen LogP contribution in [0.5, 0.6) is 0 Å². The molecule has 0 saturated heterocycles. The maximum absolute atomic E-state index is 12.7. The Morgan fingerprint density at radius 3 is 2.59 bits per heavy atom. The molecule has 2 aliphatic carbocycles. The van der Waals surface area contributed by atoms with E-state index in [1.165, 1.54) is 18.9 Å². The highest BCUT2D eigenvalue weighted by atomic mass is 19.3. The minimum absolute atomic E-state index is 0.153. The van der Waals surface area contributed by atoms with Gasteiger partial charge in [-0.2, -0.15) is 0 Å². The lowest BCUT2D eigenvalue weighted by atomic mass is 10.3. The Morgan fingerprint density at radius 1 is 1.24 bits per heavy atom. The molecule has 92 valence electrons. The number of aromatic nitrogens is 2. The van der Waals surface area contributed by atoms with Gasteiger partial charge in [0.1, 0.15) is 17.3 Å². The quantitative estimate of drug-likeness (QED) is 0.857. The van der Waals surface area contributed by atoms with Crippen molar-refractivity contribution in [2.75, 3.05) is 11.9 Å². The first-order chi connectivity index (χ1) is 8.22. The standard InChI is InChI=1S/C12H15F2N3/c13-11(14)9-5-10(15-6-7-1-2-7)17-12(16-9)8-3-4-8/h5,7-8,11H,1-4,6H2,(H,15,16,17). The summed E-state index contributed by atoms with van der Waals surface area (Å²) in [5, 5.41) is 3.14. The molecule has 1 aromatic heterocycles. The van der Waals surface area contributed by atoms with E-state index in [2.05, 4.69) is 15.3 Å². The summed E-state index contributed by atoms with van der Waals surface area (Å²) in [6.07, 6.45) is 1.99. The summed E-state index contributed by atoms with van der Waals surface area (Å²) in [5.74, 6) is 2.14. The SMILES string of the molecule is FC(F)c1cc(NCC2CC2)nc(C2CC2)n1. The zero-order chi connectivity index (χ0) is 11.8. The number of nitrogens with zero attached hydrogens (tertiary/aromatic N) is 2. The highest BCUT2D eigenvalue weighted by Crippen LogP contribution is 2.39. The monoisotopic (exact) mass is 239 g/mol. The van der Waals surface area contributed by atoms with E-state index in [4.69, 9.17) is 0 Å². The molecule has 3 nitrogen and oxygen atoms in total. The summed E-state index contributed by atoms with van der Waals surface area (Å²) < 4.78 is 25.4. The van der Waals surface area contributed by atoms with Gasteiger partial charge in [-0.15, -0.1) is 0 Å². The Bertz CT molecular complexity index is 394. The lowest BCUT2D eigenvalue weighted by Gasteiger charge is -2.08. The Morgan fingerprint density at radius 2 is 2.00 bits per heavy atom. The molecule has 3 rings (SSSR count). The first-order valence-electron chi connectivity index (χ1n) is 6.13. The third kappa shape index (κ3) is 2.70. The van der Waals surface area contributed by atoms with Crippen LogP contribution in [0.2, 0.25) is 0 Å². The minimum Gasteiger partial charge on any atom is -0.370 e. The Balaban J connectivity index is 1.78. The highest BCUT2D eigenvalue weighted by molar-refractivity contribution is 5.37. The van der Waals surface area contributed by atoms with E-state index in [-0.39, 0.29) is 5.69 Å². The van der Waals surface area contributed by atoms with Gasteiger partial charge in [-0.3, -0.25) is 0 Å². The number of alkyl halides is 2. The molecular formula is C12H15F2N3. The number of rotatable bonds is 5. The van der Waals surface area contributed by atoms with Crippen LogP contribution < -0.4 is 5.32 Å². The molecule has 0 spiro atoms. The zero-order valence-electron chi connectivity index (χ0n) is 9.50. The van der Waals surface area contributed by atoms with Gasteiger partial charge < -0.3 is 5.32 Å². The average molecular weight is 239 g/mol. The first-order valence-corrected chi connectivity index (χ1v) is 6.13. The fraction of sp³-hybridized carbons (Fsp3) is 0.667. The van der Waals surface area contributed by atoms with Gasteiger partial charge in [0.25, 0.3) is 6.43 Å². The summed E-state index contributed by atoms with van der Waals surface area (Å²) in [6.45, 7) is 0.837. The molecule has 1 heterocycles. The largest absolute Gasteiger partial charge is 0.370 e. The molecule has 2 fully saturated rings. The molecule has 2 aliphatic rings. The molecule has 0 atom stereocenters. The number of hydrogen-bond acceptors (Lipinski definition) is 3. The summed E-state index contributed by atoms with van der Waals surface area (Å²) in [5.41, 5.74) is -0.153. The molecule has 0 aromatic carbocycles. The smallest absolute Gasteiger partial charge is 0.280 e. The van der Waals surface area contributed by atoms with Gasteiger partial charge in [-0.05, 0) is 31.6 Å². The highest BCUT2D eigenvalue weighted by Gasteiger charge is 2.28. The van der Waals surface area contributed by atoms with Crippen molar-refractivity contribution < 1.29 is 8.78 Å². The number of nitrogens with one attached hydrogen (secondary N) is 1. The lowest BCUT2D eigenvalue weighted by molar-refractivity contribution is 0.145. The van der Waals surface area contributed by atoms with Gasteiger partial charge in [0.2, 0.25) is 0 Å². The topological polar surface area (TPSA) is 37.8 Å². The van der Waals surface area contributed by atoms with Gasteiger partial charge in [0, 0.05) is 18.5 Å². The van der Waals surface area contributed by atoms with Crippen LogP contribution in [0.1, 0.15) is 49.5 Å². The molecule has 0 aliphatic heterocycles. The van der Waals surface area contributed by atoms with Crippen molar-refractivity contribution in [1.29, 1.82) is 0 Å². The number of hydrogen-bond donors (Lipinski definition) is 1. The van der Waals surface area contributed by atoms with Crippen LogP contribution in [0, 0.1) is 5.92 Å². The molecule has 0 bridgehead atoms. The van der Waals surface area contributed by atoms with Crippen molar-refractivity contribution >= 4 is 5.82 Å². The molecule has 17 heavy (non-hydrogen) atoms. The fourth-order valence-electron chi connectivity index (χ4n) is 1.78. The third-order valence-electron chi connectivity index (χ3n) is 3.20. The van der Waals surface area contributed by atoms with E-state index in [0.717, 1.165) is 19.4 Å². The molecule has 1 N–H and O–H groups in total. The van der Waals surface area contributed by atoms with E-state index >= 15 is 0 Å². The summed E-state index contributed by atoms with van der Waals surface area (Å²) in [7, 11) is 0. The van der Waals surface area contributed by atoms with E-state index in [1.807, 2.05) is 0 Å². The van der Waals surface area contributed by atoms with Crippen LogP contribution in [0.15, 0.2) is 6.07 Å². The van der Waals surface area contributed by atoms with E-state index < -0.39 is 6.43 Å². The van der Waals surface area contributed by atoms with Gasteiger partial charge in [-0.25, -0.2) is 18.7 Å². The van der Waals surface area contributed by atoms with Crippen LogP contribution in [0.4, 0.5) is 14.6 Å². The van der Waals surface area contributed by atoms with Crippen LogP contribution >= 0.6 is 0 Å². The van der Waals surface area contributed by atoms with Gasteiger partial charge >= 0.3 is 0 Å². The summed E-state index contributed by atoms with van der Waals surface area (Å²) in [4.78, 5) is 8.26. The average Bonchev–Trinajstić information content (AvgIpc) is 3.17. The van der Waals surface area contributed by atoms with Crippen molar-refractivity contribution in [3.63, 3.8) is 0 Å². The lowest BCUT2D eigenvalue weighted by Crippen LogP contribution is -2.08. The molecular weight excluding hydrogens is 224 g/mol. The Labute approximate surface area is 98.7 Å². The second-order valence-corrected chi connectivity index (χ2v) is 4.94. The molecule has 1 aromatic rings. The van der Waals surface area contributed by atoms with Gasteiger partial charge in [-0.1, -0.05) is 0 Å². The second kappa shape index (κ2) is 4.20. The molecule has 0 unspecified atom stereocenters. The van der Waals surface area contributed by atoms with E-state index in [1.54, 1.807) is 0 Å². The van der Waals surface area contributed by atoms with Gasteiger partial charge in [0.05, 0.1) is 0 Å². The second-order valence-electron chi connectivity index (χ2n) is 4.94. The number of anilines is 1. The van der Waals surface area contributed by atoms with Crippen molar-refractivity contribution in [3.05, 3.63) is 17.6 Å². The third-order valence-corrected chi connectivity index (χ3v) is 3.20. The fourth-order valence-corrected chi connectivity index (χ4v) is 1.78. The number of halogens is 2. The van der Waals surface area contributed by atoms with Crippen LogP contribution in [-0.2, 0) is 0 Å². The van der Waals surface area contributed by atoms with Crippen molar-refractivity contribution in [1.82, 2.24) is 9.97 Å². The summed E-state index contributed by atoms with van der Waals surface area (Å²) >= 11 is 0. The van der Waals surface area contributed by atoms with Crippen molar-refractivity contribution in [2.45, 2.75) is 38.0 Å². The van der Waals surface area contributed by atoms with Crippen LogP contribution in [-0.4, -0.2) is 16.5 Å². The van der Waals surface area contributed by atoms with Crippen molar-refractivity contribution in [2.24, 2.45) is 5.92 Å². The predicted molar refractivity (Wildman–Crippen MR) is 60.2 cm³/mol. The molecule has 0 radical (unpaired) electrons. The normalized spacial score (nSPS) is 19.7. The van der Waals surface area contributed by atoms with Crippen LogP contribution in [0.25, 0.3) is 0 Å². The predicted octanol–water partition coefficient (Wildman–Crippen LogP) is 3.11. The maximum Gasteiger partial charge on any atom is 0.280 e.